The Kier molecular flexibility index (Phi) is 2.36. The van der Waals surface area contributed by atoms with E-state index >= 15 is 0 Å². The van der Waals surface area contributed by atoms with E-state index in [0.717, 1.165) is 5.82 Å². The molecule has 1 aromatic heterocycles. The Morgan fingerprint density at radius 1 is 1.44 bits per heavy atom. The van der Waals surface area contributed by atoms with Crippen LogP contribution in [0.1, 0.15) is 24.6 Å². The number of hydrogen-bond acceptors (Lipinski definition) is 4. The van der Waals surface area contributed by atoms with Gasteiger partial charge in [0.2, 0.25) is 5.13 Å². The second-order valence-electron chi connectivity index (χ2n) is 4.04. The fourth-order valence-corrected chi connectivity index (χ4v) is 2.24. The summed E-state index contributed by atoms with van der Waals surface area (Å²) >= 11 is 1.26. The fraction of sp³-hybridized carbons (Fsp3) is 0.500. The first-order chi connectivity index (χ1) is 7.83. The number of amides is 2. The van der Waals surface area contributed by atoms with E-state index in [-0.39, 0.29) is 6.03 Å². The summed E-state index contributed by atoms with van der Waals surface area (Å²) in [5, 5.41) is 3.39. The number of anilines is 1. The molecule has 0 spiro atoms. The van der Waals surface area contributed by atoms with Gasteiger partial charge in [0.25, 0.3) is 0 Å². The van der Waals surface area contributed by atoms with Crippen LogP contribution in [0.4, 0.5) is 9.93 Å². The summed E-state index contributed by atoms with van der Waals surface area (Å²) in [5.41, 5.74) is 0. The summed E-state index contributed by atoms with van der Waals surface area (Å²) in [7, 11) is 0. The number of nitrogens with one attached hydrogen (secondary N) is 1. The summed E-state index contributed by atoms with van der Waals surface area (Å²) < 4.78 is 4.24. The van der Waals surface area contributed by atoms with Crippen LogP contribution in [-0.2, 0) is 0 Å². The largest absolute Gasteiger partial charge is 0.324 e. The maximum Gasteiger partial charge on any atom is 0.324 e. The molecule has 0 unspecified atom stereocenters. The van der Waals surface area contributed by atoms with E-state index in [0.29, 0.717) is 24.1 Å². The average Bonchev–Trinajstić information content (AvgIpc) is 2.82. The van der Waals surface area contributed by atoms with Crippen molar-refractivity contribution in [1.82, 2.24) is 14.3 Å². The van der Waals surface area contributed by atoms with Gasteiger partial charge in [-0.05, 0) is 12.8 Å². The van der Waals surface area contributed by atoms with Crippen LogP contribution in [0.2, 0.25) is 0 Å². The van der Waals surface area contributed by atoms with Crippen molar-refractivity contribution in [2.75, 3.05) is 18.4 Å². The Balaban J connectivity index is 1.61. The standard InChI is InChI=1S/C10H12N4OS/c15-10(14-5-1-2-6-14)12-9-11-8(13-16-9)7-3-4-7/h1-2,7H,3-6H2,(H,11,12,13,15). The van der Waals surface area contributed by atoms with E-state index in [2.05, 4.69) is 14.7 Å². The van der Waals surface area contributed by atoms with E-state index in [4.69, 9.17) is 0 Å². The molecule has 2 heterocycles. The molecule has 0 saturated heterocycles. The Labute approximate surface area is 97.3 Å². The number of aromatic nitrogens is 2. The van der Waals surface area contributed by atoms with E-state index in [1.165, 1.54) is 24.4 Å². The highest BCUT2D eigenvalue weighted by Gasteiger charge is 2.28. The molecule has 6 heteroatoms. The molecule has 0 atom stereocenters. The molecule has 1 aromatic rings. The van der Waals surface area contributed by atoms with Gasteiger partial charge in [0.15, 0.2) is 0 Å². The van der Waals surface area contributed by atoms with Crippen LogP contribution in [0.3, 0.4) is 0 Å². The van der Waals surface area contributed by atoms with Crippen LogP contribution in [0.15, 0.2) is 12.2 Å². The molecule has 0 aromatic carbocycles. The third-order valence-corrected chi connectivity index (χ3v) is 3.35. The molecule has 1 aliphatic heterocycles. The lowest BCUT2D eigenvalue weighted by atomic mass is 10.4. The lowest BCUT2D eigenvalue weighted by Gasteiger charge is -2.14. The van der Waals surface area contributed by atoms with Gasteiger partial charge in [-0.3, -0.25) is 5.32 Å². The molecule has 1 saturated carbocycles. The average molecular weight is 236 g/mol. The highest BCUT2D eigenvalue weighted by atomic mass is 32.1. The maximum atomic E-state index is 11.7. The molecule has 0 bridgehead atoms. The van der Waals surface area contributed by atoms with Crippen LogP contribution < -0.4 is 5.32 Å². The van der Waals surface area contributed by atoms with Crippen LogP contribution in [-0.4, -0.2) is 33.4 Å². The molecule has 2 aliphatic rings. The molecule has 1 N–H and O–H groups in total. The highest BCUT2D eigenvalue weighted by molar-refractivity contribution is 7.09. The second kappa shape index (κ2) is 3.86. The van der Waals surface area contributed by atoms with Gasteiger partial charge in [0.05, 0.1) is 0 Å². The zero-order valence-electron chi connectivity index (χ0n) is 8.72. The minimum atomic E-state index is -0.0940. The zero-order valence-corrected chi connectivity index (χ0v) is 9.54. The normalized spacial score (nSPS) is 19.1. The van der Waals surface area contributed by atoms with E-state index < -0.39 is 0 Å². The highest BCUT2D eigenvalue weighted by Crippen LogP contribution is 2.39. The van der Waals surface area contributed by atoms with Crippen molar-refractivity contribution < 1.29 is 4.79 Å². The molecule has 5 nitrogen and oxygen atoms in total. The van der Waals surface area contributed by atoms with Crippen LogP contribution in [0.5, 0.6) is 0 Å². The predicted molar refractivity (Wildman–Crippen MR) is 61.6 cm³/mol. The zero-order chi connectivity index (χ0) is 11.0. The van der Waals surface area contributed by atoms with Crippen LogP contribution in [0, 0.1) is 0 Å². The minimum Gasteiger partial charge on any atom is -0.317 e. The third kappa shape index (κ3) is 1.92. The van der Waals surface area contributed by atoms with Gasteiger partial charge in [-0.2, -0.15) is 4.37 Å². The van der Waals surface area contributed by atoms with Crippen molar-refractivity contribution >= 4 is 22.7 Å². The number of urea groups is 1. The van der Waals surface area contributed by atoms with Gasteiger partial charge in [-0.25, -0.2) is 9.78 Å². The first-order valence-electron chi connectivity index (χ1n) is 5.37. The molecule has 1 aliphatic carbocycles. The molecule has 1 fully saturated rings. The van der Waals surface area contributed by atoms with Crippen LogP contribution >= 0.6 is 11.5 Å². The van der Waals surface area contributed by atoms with Crippen molar-refractivity contribution in [2.45, 2.75) is 18.8 Å². The van der Waals surface area contributed by atoms with Gasteiger partial charge >= 0.3 is 6.03 Å². The van der Waals surface area contributed by atoms with Crippen LogP contribution in [0.25, 0.3) is 0 Å². The first-order valence-corrected chi connectivity index (χ1v) is 6.15. The Hall–Kier alpha value is -1.43. The molecular formula is C10H12N4OS. The van der Waals surface area contributed by atoms with Crippen molar-refractivity contribution in [2.24, 2.45) is 0 Å². The monoisotopic (exact) mass is 236 g/mol. The van der Waals surface area contributed by atoms with Gasteiger partial charge in [0, 0.05) is 30.5 Å². The summed E-state index contributed by atoms with van der Waals surface area (Å²) in [6, 6.07) is -0.0940. The van der Waals surface area contributed by atoms with E-state index in [9.17, 15) is 4.79 Å². The number of rotatable bonds is 2. The lowest BCUT2D eigenvalue weighted by Crippen LogP contribution is -2.32. The van der Waals surface area contributed by atoms with E-state index in [1.807, 2.05) is 12.2 Å². The lowest BCUT2D eigenvalue weighted by molar-refractivity contribution is 0.224. The smallest absolute Gasteiger partial charge is 0.317 e. The quantitative estimate of drug-likeness (QED) is 0.797. The third-order valence-electron chi connectivity index (χ3n) is 2.70. The molecule has 2 amide bonds. The summed E-state index contributed by atoms with van der Waals surface area (Å²) in [6.45, 7) is 1.36. The van der Waals surface area contributed by atoms with Gasteiger partial charge in [-0.15, -0.1) is 0 Å². The van der Waals surface area contributed by atoms with Gasteiger partial charge in [0.1, 0.15) is 5.82 Å². The second-order valence-corrected chi connectivity index (χ2v) is 4.79. The maximum absolute atomic E-state index is 11.7. The van der Waals surface area contributed by atoms with Gasteiger partial charge < -0.3 is 4.90 Å². The van der Waals surface area contributed by atoms with E-state index in [1.54, 1.807) is 4.90 Å². The molecule has 3 rings (SSSR count). The number of carbonyl (C=O) groups excluding carboxylic acids is 1. The first kappa shape index (κ1) is 9.77. The number of carbonyl (C=O) groups is 1. The Morgan fingerprint density at radius 3 is 2.88 bits per heavy atom. The van der Waals surface area contributed by atoms with Gasteiger partial charge in [-0.1, -0.05) is 12.2 Å². The molecule has 0 radical (unpaired) electrons. The Bertz CT molecular complexity index is 430. The predicted octanol–water partition coefficient (Wildman–Crippen LogP) is 1.82. The summed E-state index contributed by atoms with van der Waals surface area (Å²) in [6.07, 6.45) is 6.32. The minimum absolute atomic E-state index is 0.0940. The van der Waals surface area contributed by atoms with Crippen molar-refractivity contribution in [1.29, 1.82) is 0 Å². The summed E-state index contributed by atoms with van der Waals surface area (Å²) in [5.74, 6) is 1.43. The Morgan fingerprint density at radius 2 is 2.19 bits per heavy atom. The van der Waals surface area contributed by atoms with Crippen molar-refractivity contribution in [3.8, 4) is 0 Å². The SMILES string of the molecule is O=C(Nc1nc(C2CC2)ns1)N1CC=CC1. The fourth-order valence-electron chi connectivity index (χ4n) is 1.61. The molecule has 16 heavy (non-hydrogen) atoms. The van der Waals surface area contributed by atoms with Crippen molar-refractivity contribution in [3.05, 3.63) is 18.0 Å². The topological polar surface area (TPSA) is 58.1 Å². The number of nitrogens with zero attached hydrogens (tertiary/aromatic N) is 3. The van der Waals surface area contributed by atoms with Crippen molar-refractivity contribution in [3.63, 3.8) is 0 Å². The molecule has 84 valence electrons. The number of hydrogen-bond donors (Lipinski definition) is 1. The molecular weight excluding hydrogens is 224 g/mol. The summed E-state index contributed by atoms with van der Waals surface area (Å²) in [4.78, 5) is 17.8.